The molecule has 146 valence electrons. The minimum atomic E-state index is 0.0629. The van der Waals surface area contributed by atoms with Crippen molar-refractivity contribution in [2.24, 2.45) is 0 Å². The second-order valence-electron chi connectivity index (χ2n) is 6.86. The van der Waals surface area contributed by atoms with Gasteiger partial charge in [-0.15, -0.1) is 10.2 Å². The zero-order valence-electron chi connectivity index (χ0n) is 16.0. The van der Waals surface area contributed by atoms with Crippen LogP contribution in [0, 0.1) is 0 Å². The Labute approximate surface area is 169 Å². The third kappa shape index (κ3) is 3.98. The molecule has 2 heterocycles. The highest BCUT2D eigenvalue weighted by Crippen LogP contribution is 2.28. The largest absolute Gasteiger partial charge is 0.497 e. The summed E-state index contributed by atoms with van der Waals surface area (Å²) >= 11 is 6.06. The Balaban J connectivity index is 1.41. The van der Waals surface area contributed by atoms with E-state index >= 15 is 0 Å². The summed E-state index contributed by atoms with van der Waals surface area (Å²) in [7, 11) is 1.70. The topological polar surface area (TPSA) is 54.6 Å². The van der Waals surface area contributed by atoms with Crippen molar-refractivity contribution < 1.29 is 9.15 Å². The molecule has 0 spiro atoms. The SMILES string of the molecule is COc1cccc(N2CCN([C@H](C)c3nnc(-c4cccc(Cl)c4)o3)CC2)c1. The maximum absolute atomic E-state index is 6.06. The lowest BCUT2D eigenvalue weighted by molar-refractivity contribution is 0.173. The maximum atomic E-state index is 6.06. The van der Waals surface area contributed by atoms with Crippen LogP contribution in [0.15, 0.2) is 52.9 Å². The third-order valence-electron chi connectivity index (χ3n) is 5.15. The van der Waals surface area contributed by atoms with Crippen LogP contribution in [-0.4, -0.2) is 48.4 Å². The summed E-state index contributed by atoms with van der Waals surface area (Å²) in [6, 6.07) is 15.7. The number of nitrogens with zero attached hydrogens (tertiary/aromatic N) is 4. The molecule has 1 fully saturated rings. The molecule has 1 saturated heterocycles. The van der Waals surface area contributed by atoms with E-state index in [4.69, 9.17) is 20.8 Å². The van der Waals surface area contributed by atoms with Crippen molar-refractivity contribution in [2.45, 2.75) is 13.0 Å². The molecule has 0 amide bonds. The summed E-state index contributed by atoms with van der Waals surface area (Å²) in [5.41, 5.74) is 2.02. The van der Waals surface area contributed by atoms with Gasteiger partial charge in [0.1, 0.15) is 5.75 Å². The van der Waals surface area contributed by atoms with E-state index in [0.29, 0.717) is 16.8 Å². The van der Waals surface area contributed by atoms with E-state index in [1.165, 1.54) is 5.69 Å². The van der Waals surface area contributed by atoms with Crippen LogP contribution in [0.25, 0.3) is 11.5 Å². The van der Waals surface area contributed by atoms with Gasteiger partial charge in [-0.25, -0.2) is 0 Å². The fraction of sp³-hybridized carbons (Fsp3) is 0.333. The summed E-state index contributed by atoms with van der Waals surface area (Å²) < 4.78 is 11.3. The molecule has 2 aromatic carbocycles. The first-order chi connectivity index (χ1) is 13.6. The van der Waals surface area contributed by atoms with Gasteiger partial charge in [0.25, 0.3) is 0 Å². The Morgan fingerprint density at radius 3 is 2.57 bits per heavy atom. The second kappa shape index (κ2) is 8.20. The van der Waals surface area contributed by atoms with E-state index in [0.717, 1.165) is 37.5 Å². The standard InChI is InChI=1S/C21H23ClN4O2/c1-15(20-23-24-21(28-20)16-5-3-6-17(22)13-16)25-9-11-26(12-10-25)18-7-4-8-19(14-18)27-2/h3-8,13-15H,9-12H2,1-2H3/t15-/m1/s1. The van der Waals surface area contributed by atoms with E-state index in [2.05, 4.69) is 39.1 Å². The Hall–Kier alpha value is -2.57. The summed E-state index contributed by atoms with van der Waals surface area (Å²) in [4.78, 5) is 4.74. The monoisotopic (exact) mass is 398 g/mol. The van der Waals surface area contributed by atoms with E-state index in [9.17, 15) is 0 Å². The molecule has 0 aliphatic carbocycles. The van der Waals surface area contributed by atoms with E-state index < -0.39 is 0 Å². The van der Waals surface area contributed by atoms with Gasteiger partial charge in [-0.3, -0.25) is 4.90 Å². The second-order valence-corrected chi connectivity index (χ2v) is 7.29. The molecule has 1 aliphatic heterocycles. The van der Waals surface area contributed by atoms with Gasteiger partial charge in [0.2, 0.25) is 11.8 Å². The van der Waals surface area contributed by atoms with Crippen LogP contribution in [0.3, 0.4) is 0 Å². The van der Waals surface area contributed by atoms with Crippen LogP contribution < -0.4 is 9.64 Å². The third-order valence-corrected chi connectivity index (χ3v) is 5.39. The van der Waals surface area contributed by atoms with Crippen LogP contribution in [0.2, 0.25) is 5.02 Å². The van der Waals surface area contributed by atoms with E-state index in [1.54, 1.807) is 7.11 Å². The summed E-state index contributed by atoms with van der Waals surface area (Å²) in [6.45, 7) is 5.83. The number of halogens is 1. The summed E-state index contributed by atoms with van der Waals surface area (Å²) in [5, 5.41) is 9.12. The first-order valence-electron chi connectivity index (χ1n) is 9.36. The fourth-order valence-corrected chi connectivity index (χ4v) is 3.66. The molecule has 3 aromatic rings. The van der Waals surface area contributed by atoms with Crippen LogP contribution in [-0.2, 0) is 0 Å². The van der Waals surface area contributed by atoms with Crippen LogP contribution in [0.5, 0.6) is 5.75 Å². The minimum Gasteiger partial charge on any atom is -0.497 e. The van der Waals surface area contributed by atoms with Gasteiger partial charge in [0.15, 0.2) is 0 Å². The van der Waals surface area contributed by atoms with Crippen molar-refractivity contribution >= 4 is 17.3 Å². The van der Waals surface area contributed by atoms with Gasteiger partial charge in [0.05, 0.1) is 13.2 Å². The number of methoxy groups -OCH3 is 1. The van der Waals surface area contributed by atoms with Crippen molar-refractivity contribution in [3.63, 3.8) is 0 Å². The number of benzene rings is 2. The van der Waals surface area contributed by atoms with Crippen molar-refractivity contribution in [3.8, 4) is 17.2 Å². The van der Waals surface area contributed by atoms with Crippen molar-refractivity contribution in [1.82, 2.24) is 15.1 Å². The van der Waals surface area contributed by atoms with Gasteiger partial charge in [-0.2, -0.15) is 0 Å². The number of aromatic nitrogens is 2. The van der Waals surface area contributed by atoms with Gasteiger partial charge in [-0.1, -0.05) is 23.7 Å². The van der Waals surface area contributed by atoms with Crippen LogP contribution in [0.4, 0.5) is 5.69 Å². The molecule has 7 heteroatoms. The number of anilines is 1. The van der Waals surface area contributed by atoms with E-state index in [-0.39, 0.29) is 6.04 Å². The van der Waals surface area contributed by atoms with Crippen LogP contribution in [0.1, 0.15) is 18.9 Å². The highest BCUT2D eigenvalue weighted by atomic mass is 35.5. The first-order valence-corrected chi connectivity index (χ1v) is 9.74. The predicted octanol–water partition coefficient (Wildman–Crippen LogP) is 4.28. The molecule has 0 unspecified atom stereocenters. The average molecular weight is 399 g/mol. The molecule has 1 aromatic heterocycles. The molecule has 1 aliphatic rings. The quantitative estimate of drug-likeness (QED) is 0.639. The zero-order valence-corrected chi connectivity index (χ0v) is 16.8. The highest BCUT2D eigenvalue weighted by Gasteiger charge is 2.26. The Kier molecular flexibility index (Phi) is 5.50. The van der Waals surface area contributed by atoms with Gasteiger partial charge in [-0.05, 0) is 37.3 Å². The molecule has 28 heavy (non-hydrogen) atoms. The fourth-order valence-electron chi connectivity index (χ4n) is 3.47. The number of piperazine rings is 1. The molecule has 6 nitrogen and oxygen atoms in total. The number of hydrogen-bond donors (Lipinski definition) is 0. The van der Waals surface area contributed by atoms with Crippen molar-refractivity contribution in [1.29, 1.82) is 0 Å². The lowest BCUT2D eigenvalue weighted by Crippen LogP contribution is -2.47. The van der Waals surface area contributed by atoms with Crippen LogP contribution >= 0.6 is 11.6 Å². The Bertz CT molecular complexity index is 937. The normalized spacial score (nSPS) is 16.2. The van der Waals surface area contributed by atoms with Gasteiger partial charge < -0.3 is 14.1 Å². The smallest absolute Gasteiger partial charge is 0.247 e. The molecular formula is C21H23ClN4O2. The molecule has 0 radical (unpaired) electrons. The van der Waals surface area contributed by atoms with Crippen molar-refractivity contribution in [3.05, 3.63) is 59.4 Å². The molecule has 4 rings (SSSR count). The predicted molar refractivity (Wildman–Crippen MR) is 110 cm³/mol. The number of rotatable bonds is 5. The van der Waals surface area contributed by atoms with Gasteiger partial charge in [0, 0.05) is 48.5 Å². The zero-order chi connectivity index (χ0) is 19.5. The summed E-state index contributed by atoms with van der Waals surface area (Å²) in [6.07, 6.45) is 0. The Morgan fingerprint density at radius 2 is 1.82 bits per heavy atom. The Morgan fingerprint density at radius 1 is 1.04 bits per heavy atom. The lowest BCUT2D eigenvalue weighted by Gasteiger charge is -2.38. The number of hydrogen-bond acceptors (Lipinski definition) is 6. The molecule has 0 bridgehead atoms. The average Bonchev–Trinajstić information content (AvgIpc) is 3.24. The number of ether oxygens (including phenoxy) is 1. The first kappa shape index (κ1) is 18.8. The van der Waals surface area contributed by atoms with Gasteiger partial charge >= 0.3 is 0 Å². The molecule has 1 atom stereocenters. The molecule has 0 saturated carbocycles. The molecular weight excluding hydrogens is 376 g/mol. The highest BCUT2D eigenvalue weighted by molar-refractivity contribution is 6.30. The summed E-state index contributed by atoms with van der Waals surface area (Å²) in [5.74, 6) is 2.01. The lowest BCUT2D eigenvalue weighted by atomic mass is 10.2. The van der Waals surface area contributed by atoms with Crippen molar-refractivity contribution in [2.75, 3.05) is 38.2 Å². The van der Waals surface area contributed by atoms with E-state index in [1.807, 2.05) is 36.4 Å². The minimum absolute atomic E-state index is 0.0629. The maximum Gasteiger partial charge on any atom is 0.247 e. The molecule has 0 N–H and O–H groups in total.